The highest BCUT2D eigenvalue weighted by Gasteiger charge is 2.19. The first kappa shape index (κ1) is 13.5. The first-order valence-corrected chi connectivity index (χ1v) is 6.43. The fourth-order valence-electron chi connectivity index (χ4n) is 1.98. The molecule has 2 N–H and O–H groups in total. The van der Waals surface area contributed by atoms with Crippen molar-refractivity contribution in [3.05, 3.63) is 29.8 Å². The third kappa shape index (κ3) is 3.79. The Morgan fingerprint density at radius 3 is 2.79 bits per heavy atom. The molecule has 0 aliphatic carbocycles. The summed E-state index contributed by atoms with van der Waals surface area (Å²) in [6, 6.07) is 7.33. The standard InChI is InChI=1S/C14H18N2O3/c1-10-5-2-3-7-12(10)16-14(18)13(17)15-9-11-6-4-8-19-11/h2-3,5,7,11H,4,6,8-9H2,1H3,(H,15,17)(H,16,18)/t11-/m0/s1. The smallest absolute Gasteiger partial charge is 0.313 e. The lowest BCUT2D eigenvalue weighted by atomic mass is 10.2. The van der Waals surface area contributed by atoms with Gasteiger partial charge >= 0.3 is 11.8 Å². The Balaban J connectivity index is 1.82. The Morgan fingerprint density at radius 1 is 1.32 bits per heavy atom. The van der Waals surface area contributed by atoms with Crippen molar-refractivity contribution in [1.82, 2.24) is 5.32 Å². The highest BCUT2D eigenvalue weighted by atomic mass is 16.5. The number of aryl methyl sites for hydroxylation is 1. The van der Waals surface area contributed by atoms with Crippen molar-refractivity contribution in [2.24, 2.45) is 0 Å². The molecule has 1 aromatic carbocycles. The average molecular weight is 262 g/mol. The SMILES string of the molecule is Cc1ccccc1NC(=O)C(=O)NC[C@@H]1CCCO1. The number of carbonyl (C=O) groups excluding carboxylic acids is 2. The van der Waals surface area contributed by atoms with Crippen LogP contribution in [0.4, 0.5) is 5.69 Å². The number of nitrogens with one attached hydrogen (secondary N) is 2. The molecule has 5 heteroatoms. The molecule has 1 heterocycles. The zero-order valence-electron chi connectivity index (χ0n) is 10.9. The minimum atomic E-state index is -0.646. The summed E-state index contributed by atoms with van der Waals surface area (Å²) in [5.74, 6) is -1.27. The first-order valence-electron chi connectivity index (χ1n) is 6.43. The van der Waals surface area contributed by atoms with Gasteiger partial charge in [0.2, 0.25) is 0 Å². The molecule has 1 atom stereocenters. The molecule has 1 aliphatic rings. The largest absolute Gasteiger partial charge is 0.376 e. The van der Waals surface area contributed by atoms with Crippen molar-refractivity contribution >= 4 is 17.5 Å². The van der Waals surface area contributed by atoms with Crippen molar-refractivity contribution < 1.29 is 14.3 Å². The average Bonchev–Trinajstić information content (AvgIpc) is 2.91. The fourth-order valence-corrected chi connectivity index (χ4v) is 1.98. The Bertz CT molecular complexity index is 468. The molecule has 0 unspecified atom stereocenters. The molecule has 5 nitrogen and oxygen atoms in total. The summed E-state index contributed by atoms with van der Waals surface area (Å²) in [7, 11) is 0. The number of para-hydroxylation sites is 1. The highest BCUT2D eigenvalue weighted by Crippen LogP contribution is 2.13. The summed E-state index contributed by atoms with van der Waals surface area (Å²) in [6.07, 6.45) is 1.98. The lowest BCUT2D eigenvalue weighted by Crippen LogP contribution is -2.39. The van der Waals surface area contributed by atoms with E-state index in [1.807, 2.05) is 25.1 Å². The van der Waals surface area contributed by atoms with E-state index < -0.39 is 11.8 Å². The molecule has 0 bridgehead atoms. The third-order valence-corrected chi connectivity index (χ3v) is 3.11. The normalized spacial score (nSPS) is 18.1. The van der Waals surface area contributed by atoms with Crippen LogP contribution in [0.15, 0.2) is 24.3 Å². The van der Waals surface area contributed by atoms with Crippen molar-refractivity contribution in [2.75, 3.05) is 18.5 Å². The van der Waals surface area contributed by atoms with E-state index in [0.29, 0.717) is 12.2 Å². The van der Waals surface area contributed by atoms with Crippen LogP contribution >= 0.6 is 0 Å². The van der Waals surface area contributed by atoms with E-state index in [4.69, 9.17) is 4.74 Å². The predicted molar refractivity (Wildman–Crippen MR) is 71.8 cm³/mol. The van der Waals surface area contributed by atoms with Crippen LogP contribution in [0.2, 0.25) is 0 Å². The van der Waals surface area contributed by atoms with Crippen molar-refractivity contribution in [1.29, 1.82) is 0 Å². The molecular formula is C14H18N2O3. The van der Waals surface area contributed by atoms with Gasteiger partial charge in [0.15, 0.2) is 0 Å². The second-order valence-corrected chi connectivity index (χ2v) is 4.61. The van der Waals surface area contributed by atoms with Crippen molar-refractivity contribution in [3.63, 3.8) is 0 Å². The van der Waals surface area contributed by atoms with Gasteiger partial charge in [0.1, 0.15) is 0 Å². The molecule has 1 aromatic rings. The molecule has 2 rings (SSSR count). The van der Waals surface area contributed by atoms with E-state index in [1.165, 1.54) is 0 Å². The number of ether oxygens (including phenoxy) is 1. The maximum atomic E-state index is 11.7. The third-order valence-electron chi connectivity index (χ3n) is 3.11. The lowest BCUT2D eigenvalue weighted by Gasteiger charge is -2.11. The van der Waals surface area contributed by atoms with Crippen LogP contribution in [0.3, 0.4) is 0 Å². The molecule has 1 saturated heterocycles. The number of benzene rings is 1. The molecule has 102 valence electrons. The van der Waals surface area contributed by atoms with Crippen molar-refractivity contribution in [3.8, 4) is 0 Å². The Kier molecular flexibility index (Phi) is 4.52. The summed E-state index contributed by atoms with van der Waals surface area (Å²) >= 11 is 0. The first-order chi connectivity index (χ1) is 9.16. The molecule has 19 heavy (non-hydrogen) atoms. The molecule has 0 aromatic heterocycles. The lowest BCUT2D eigenvalue weighted by molar-refractivity contribution is -0.136. The van der Waals surface area contributed by atoms with Gasteiger partial charge in [0, 0.05) is 18.8 Å². The van der Waals surface area contributed by atoms with E-state index in [2.05, 4.69) is 10.6 Å². The Hall–Kier alpha value is -1.88. The van der Waals surface area contributed by atoms with Gasteiger partial charge < -0.3 is 15.4 Å². The zero-order chi connectivity index (χ0) is 13.7. The summed E-state index contributed by atoms with van der Waals surface area (Å²) in [5, 5.41) is 5.18. The highest BCUT2D eigenvalue weighted by molar-refractivity contribution is 6.39. The Morgan fingerprint density at radius 2 is 2.11 bits per heavy atom. The van der Waals surface area contributed by atoms with Crippen LogP contribution in [-0.4, -0.2) is 31.1 Å². The number of amides is 2. The number of hydrogen-bond acceptors (Lipinski definition) is 3. The minimum absolute atomic E-state index is 0.0372. The van der Waals surface area contributed by atoms with Crippen LogP contribution in [0.25, 0.3) is 0 Å². The minimum Gasteiger partial charge on any atom is -0.376 e. The maximum absolute atomic E-state index is 11.7. The number of hydrogen-bond donors (Lipinski definition) is 2. The van der Waals surface area contributed by atoms with E-state index in [-0.39, 0.29) is 6.10 Å². The van der Waals surface area contributed by atoms with Crippen LogP contribution in [0.1, 0.15) is 18.4 Å². The topological polar surface area (TPSA) is 67.4 Å². The predicted octanol–water partition coefficient (Wildman–Crippen LogP) is 1.23. The maximum Gasteiger partial charge on any atom is 0.313 e. The molecule has 0 spiro atoms. The van der Waals surface area contributed by atoms with Gasteiger partial charge in [0.05, 0.1) is 6.10 Å². The summed E-state index contributed by atoms with van der Waals surface area (Å²) in [6.45, 7) is 3.00. The van der Waals surface area contributed by atoms with E-state index in [0.717, 1.165) is 25.0 Å². The molecule has 1 aliphatic heterocycles. The molecule has 0 saturated carbocycles. The monoisotopic (exact) mass is 262 g/mol. The van der Waals surface area contributed by atoms with Crippen LogP contribution < -0.4 is 10.6 Å². The summed E-state index contributed by atoms with van der Waals surface area (Å²) < 4.78 is 5.37. The quantitative estimate of drug-likeness (QED) is 0.805. The second-order valence-electron chi connectivity index (χ2n) is 4.61. The summed E-state index contributed by atoms with van der Waals surface area (Å²) in [4.78, 5) is 23.3. The van der Waals surface area contributed by atoms with Crippen LogP contribution in [-0.2, 0) is 14.3 Å². The summed E-state index contributed by atoms with van der Waals surface area (Å²) in [5.41, 5.74) is 1.57. The molecular weight excluding hydrogens is 244 g/mol. The van der Waals surface area contributed by atoms with E-state index >= 15 is 0 Å². The van der Waals surface area contributed by atoms with Crippen molar-refractivity contribution in [2.45, 2.75) is 25.9 Å². The van der Waals surface area contributed by atoms with Gasteiger partial charge in [-0.05, 0) is 31.4 Å². The molecule has 2 amide bonds. The Labute approximate surface area is 112 Å². The fraction of sp³-hybridized carbons (Fsp3) is 0.429. The van der Waals surface area contributed by atoms with Gasteiger partial charge in [-0.1, -0.05) is 18.2 Å². The molecule has 1 fully saturated rings. The van der Waals surface area contributed by atoms with Gasteiger partial charge in [-0.2, -0.15) is 0 Å². The van der Waals surface area contributed by atoms with Gasteiger partial charge in [-0.15, -0.1) is 0 Å². The number of carbonyl (C=O) groups is 2. The molecule has 0 radical (unpaired) electrons. The van der Waals surface area contributed by atoms with Gasteiger partial charge in [-0.25, -0.2) is 0 Å². The number of anilines is 1. The number of rotatable bonds is 3. The van der Waals surface area contributed by atoms with Gasteiger partial charge in [-0.3, -0.25) is 9.59 Å². The van der Waals surface area contributed by atoms with Crippen LogP contribution in [0, 0.1) is 6.92 Å². The zero-order valence-corrected chi connectivity index (χ0v) is 10.9. The second kappa shape index (κ2) is 6.33. The van der Waals surface area contributed by atoms with E-state index in [9.17, 15) is 9.59 Å². The van der Waals surface area contributed by atoms with E-state index in [1.54, 1.807) is 6.07 Å². The van der Waals surface area contributed by atoms with Gasteiger partial charge in [0.25, 0.3) is 0 Å². The van der Waals surface area contributed by atoms with Crippen LogP contribution in [0.5, 0.6) is 0 Å².